The summed E-state index contributed by atoms with van der Waals surface area (Å²) in [6.45, 7) is 7.76. The zero-order chi connectivity index (χ0) is 15.8. The van der Waals surface area contributed by atoms with Gasteiger partial charge in [0.2, 0.25) is 11.8 Å². The van der Waals surface area contributed by atoms with Crippen LogP contribution in [-0.4, -0.2) is 74.1 Å². The molecule has 0 aromatic rings. The fourth-order valence-corrected chi connectivity index (χ4v) is 3.04. The number of nitrogens with zero attached hydrogens (tertiary/aromatic N) is 2. The maximum Gasteiger partial charge on any atom is 0.234 e. The first kappa shape index (κ1) is 17.2. The van der Waals surface area contributed by atoms with Crippen LogP contribution < -0.4 is 5.32 Å². The summed E-state index contributed by atoms with van der Waals surface area (Å²) in [5, 5.41) is 2.95. The molecule has 1 N–H and O–H groups in total. The summed E-state index contributed by atoms with van der Waals surface area (Å²) in [4.78, 5) is 28.3. The van der Waals surface area contributed by atoms with E-state index in [2.05, 4.69) is 17.1 Å². The van der Waals surface area contributed by atoms with E-state index < -0.39 is 0 Å². The second-order valence-electron chi connectivity index (χ2n) is 6.19. The highest BCUT2D eigenvalue weighted by atomic mass is 16.5. The Morgan fingerprint density at radius 1 is 1.14 bits per heavy atom. The molecule has 6 nitrogen and oxygen atoms in total. The fraction of sp³-hybridized carbons (Fsp3) is 0.875. The molecule has 22 heavy (non-hydrogen) atoms. The third-order valence-corrected chi connectivity index (χ3v) is 4.48. The van der Waals surface area contributed by atoms with E-state index in [4.69, 9.17) is 4.74 Å². The van der Waals surface area contributed by atoms with Gasteiger partial charge in [-0.05, 0) is 32.4 Å². The van der Waals surface area contributed by atoms with Gasteiger partial charge in [0.15, 0.2) is 0 Å². The van der Waals surface area contributed by atoms with Crippen molar-refractivity contribution >= 4 is 11.8 Å². The van der Waals surface area contributed by atoms with Crippen LogP contribution >= 0.6 is 0 Å². The van der Waals surface area contributed by atoms with Crippen LogP contribution in [0.3, 0.4) is 0 Å². The number of unbranched alkanes of at least 4 members (excludes halogenated alkanes) is 1. The molecule has 2 rings (SSSR count). The third kappa shape index (κ3) is 5.25. The maximum absolute atomic E-state index is 12.4. The normalized spacial score (nSPS) is 20.9. The lowest BCUT2D eigenvalue weighted by Crippen LogP contribution is -2.48. The van der Waals surface area contributed by atoms with E-state index >= 15 is 0 Å². The van der Waals surface area contributed by atoms with Crippen molar-refractivity contribution < 1.29 is 14.3 Å². The number of likely N-dealkylation sites (tertiary alicyclic amines) is 1. The first-order chi connectivity index (χ1) is 10.7. The van der Waals surface area contributed by atoms with Crippen molar-refractivity contribution in [1.82, 2.24) is 15.1 Å². The van der Waals surface area contributed by atoms with E-state index in [1.807, 2.05) is 4.90 Å². The van der Waals surface area contributed by atoms with Gasteiger partial charge in [0, 0.05) is 25.6 Å². The number of carbonyl (C=O) groups excluding carboxylic acids is 2. The number of amides is 2. The molecule has 2 aliphatic rings. The summed E-state index contributed by atoms with van der Waals surface area (Å²) in [6, 6.07) is 0. The number of hydrogen-bond donors (Lipinski definition) is 1. The van der Waals surface area contributed by atoms with E-state index in [1.54, 1.807) is 0 Å². The monoisotopic (exact) mass is 311 g/mol. The standard InChI is InChI=1S/C16H29N3O3/c1-2-3-6-17-15(20)13-18-7-4-14(5-8-18)16(21)19-9-11-22-12-10-19/h14H,2-13H2,1H3,(H,17,20). The van der Waals surface area contributed by atoms with Crippen molar-refractivity contribution in [1.29, 1.82) is 0 Å². The first-order valence-electron chi connectivity index (χ1n) is 8.56. The van der Waals surface area contributed by atoms with Crippen molar-refractivity contribution in [3.63, 3.8) is 0 Å². The summed E-state index contributed by atoms with van der Waals surface area (Å²) < 4.78 is 5.29. The van der Waals surface area contributed by atoms with Crippen LogP contribution in [0.2, 0.25) is 0 Å². The van der Waals surface area contributed by atoms with Crippen molar-refractivity contribution in [3.05, 3.63) is 0 Å². The minimum atomic E-state index is 0.103. The Labute approximate surface area is 133 Å². The number of morpholine rings is 1. The minimum Gasteiger partial charge on any atom is -0.378 e. The van der Waals surface area contributed by atoms with Crippen LogP contribution in [0.25, 0.3) is 0 Å². The van der Waals surface area contributed by atoms with Crippen LogP contribution in [0, 0.1) is 5.92 Å². The number of hydrogen-bond acceptors (Lipinski definition) is 4. The Hall–Kier alpha value is -1.14. The summed E-state index contributed by atoms with van der Waals surface area (Å²) >= 11 is 0. The van der Waals surface area contributed by atoms with Gasteiger partial charge in [0.1, 0.15) is 0 Å². The Morgan fingerprint density at radius 2 is 1.82 bits per heavy atom. The van der Waals surface area contributed by atoms with E-state index in [-0.39, 0.29) is 17.7 Å². The first-order valence-corrected chi connectivity index (χ1v) is 8.56. The Morgan fingerprint density at radius 3 is 2.45 bits per heavy atom. The average molecular weight is 311 g/mol. The SMILES string of the molecule is CCCCNC(=O)CN1CCC(C(=O)N2CCOCC2)CC1. The quantitative estimate of drug-likeness (QED) is 0.725. The smallest absolute Gasteiger partial charge is 0.234 e. The Balaban J connectivity index is 1.66. The molecule has 0 radical (unpaired) electrons. The van der Waals surface area contributed by atoms with Gasteiger partial charge in [0.05, 0.1) is 19.8 Å². The molecule has 0 bridgehead atoms. The van der Waals surface area contributed by atoms with E-state index in [0.717, 1.165) is 58.4 Å². The number of rotatable bonds is 6. The van der Waals surface area contributed by atoms with Gasteiger partial charge in [-0.25, -0.2) is 0 Å². The number of ether oxygens (including phenoxy) is 1. The molecular weight excluding hydrogens is 282 g/mol. The van der Waals surface area contributed by atoms with Crippen molar-refractivity contribution in [2.24, 2.45) is 5.92 Å². The van der Waals surface area contributed by atoms with Crippen molar-refractivity contribution in [3.8, 4) is 0 Å². The minimum absolute atomic E-state index is 0.103. The molecule has 0 saturated carbocycles. The predicted octanol–water partition coefficient (Wildman–Crippen LogP) is 0.474. The van der Waals surface area contributed by atoms with E-state index in [1.165, 1.54) is 0 Å². The second kappa shape index (κ2) is 9.10. The van der Waals surface area contributed by atoms with Crippen LogP contribution in [0.4, 0.5) is 0 Å². The van der Waals surface area contributed by atoms with E-state index in [9.17, 15) is 9.59 Å². The zero-order valence-corrected chi connectivity index (χ0v) is 13.7. The molecule has 2 heterocycles. The van der Waals surface area contributed by atoms with Gasteiger partial charge in [-0.2, -0.15) is 0 Å². The molecule has 2 fully saturated rings. The summed E-state index contributed by atoms with van der Waals surface area (Å²) in [5.41, 5.74) is 0. The highest BCUT2D eigenvalue weighted by Crippen LogP contribution is 2.20. The molecule has 6 heteroatoms. The van der Waals surface area contributed by atoms with Crippen LogP contribution in [0.1, 0.15) is 32.6 Å². The Bertz CT molecular complexity index is 362. The Kier molecular flexibility index (Phi) is 7.12. The number of carbonyl (C=O) groups is 2. The molecular formula is C16H29N3O3. The lowest BCUT2D eigenvalue weighted by molar-refractivity contribution is -0.141. The van der Waals surface area contributed by atoms with Gasteiger partial charge >= 0.3 is 0 Å². The van der Waals surface area contributed by atoms with Gasteiger partial charge in [0.25, 0.3) is 0 Å². The third-order valence-electron chi connectivity index (χ3n) is 4.48. The van der Waals surface area contributed by atoms with Crippen LogP contribution in [-0.2, 0) is 14.3 Å². The van der Waals surface area contributed by atoms with Gasteiger partial charge in [-0.3, -0.25) is 14.5 Å². The molecule has 0 aliphatic carbocycles. The van der Waals surface area contributed by atoms with Crippen molar-refractivity contribution in [2.75, 3.05) is 52.5 Å². The highest BCUT2D eigenvalue weighted by Gasteiger charge is 2.29. The number of nitrogens with one attached hydrogen (secondary N) is 1. The predicted molar refractivity (Wildman–Crippen MR) is 84.5 cm³/mol. The molecule has 126 valence electrons. The van der Waals surface area contributed by atoms with Gasteiger partial charge < -0.3 is 15.0 Å². The average Bonchev–Trinajstić information content (AvgIpc) is 2.56. The molecule has 0 aromatic heterocycles. The topological polar surface area (TPSA) is 61.9 Å². The molecule has 0 atom stereocenters. The lowest BCUT2D eigenvalue weighted by Gasteiger charge is -2.35. The zero-order valence-electron chi connectivity index (χ0n) is 13.7. The van der Waals surface area contributed by atoms with Gasteiger partial charge in [-0.1, -0.05) is 13.3 Å². The summed E-state index contributed by atoms with van der Waals surface area (Å²) in [6.07, 6.45) is 3.84. The van der Waals surface area contributed by atoms with Crippen molar-refractivity contribution in [2.45, 2.75) is 32.6 Å². The maximum atomic E-state index is 12.4. The molecule has 2 amide bonds. The van der Waals surface area contributed by atoms with Crippen LogP contribution in [0.5, 0.6) is 0 Å². The van der Waals surface area contributed by atoms with E-state index in [0.29, 0.717) is 19.8 Å². The molecule has 0 unspecified atom stereocenters. The molecule has 2 aliphatic heterocycles. The highest BCUT2D eigenvalue weighted by molar-refractivity contribution is 5.79. The summed E-state index contributed by atoms with van der Waals surface area (Å²) in [7, 11) is 0. The largest absolute Gasteiger partial charge is 0.378 e. The lowest BCUT2D eigenvalue weighted by atomic mass is 9.95. The molecule has 0 aromatic carbocycles. The molecule has 2 saturated heterocycles. The van der Waals surface area contributed by atoms with Crippen LogP contribution in [0.15, 0.2) is 0 Å². The molecule has 0 spiro atoms. The van der Waals surface area contributed by atoms with Gasteiger partial charge in [-0.15, -0.1) is 0 Å². The number of piperidine rings is 1. The fourth-order valence-electron chi connectivity index (χ4n) is 3.04. The second-order valence-corrected chi connectivity index (χ2v) is 6.19. The summed E-state index contributed by atoms with van der Waals surface area (Å²) in [5.74, 6) is 0.499.